The van der Waals surface area contributed by atoms with Gasteiger partial charge in [-0.15, -0.1) is 5.10 Å². The third kappa shape index (κ3) is 2.65. The summed E-state index contributed by atoms with van der Waals surface area (Å²) in [7, 11) is 0. The molecule has 0 bridgehead atoms. The highest BCUT2D eigenvalue weighted by molar-refractivity contribution is 5.32. The molecule has 0 saturated carbocycles. The molecular weight excluding hydrogens is 182 g/mol. The predicted molar refractivity (Wildman–Crippen MR) is 51.1 cm³/mol. The van der Waals surface area contributed by atoms with Crippen LogP contribution in [0.1, 0.15) is 0 Å². The van der Waals surface area contributed by atoms with Crippen molar-refractivity contribution in [1.82, 2.24) is 10.2 Å². The molecule has 0 aliphatic carbocycles. The average Bonchev–Trinajstić information content (AvgIpc) is 2.48. The van der Waals surface area contributed by atoms with Crippen LogP contribution in [0.5, 0.6) is 0 Å². The standard InChI is InChI=1S/C9H13N3O2/c1-2-9(12-10-3-1)11-8-6-13-4-5-14-7-8/h1-3,8H,4-7H2,(H,11,12). The van der Waals surface area contributed by atoms with E-state index in [0.717, 1.165) is 5.82 Å². The molecule has 1 aromatic rings. The molecule has 5 nitrogen and oxygen atoms in total. The Hall–Kier alpha value is -1.20. The Kier molecular flexibility index (Phi) is 3.26. The van der Waals surface area contributed by atoms with Gasteiger partial charge in [0.2, 0.25) is 0 Å². The van der Waals surface area contributed by atoms with E-state index in [4.69, 9.17) is 9.47 Å². The Labute approximate surface area is 82.4 Å². The minimum Gasteiger partial charge on any atom is -0.377 e. The zero-order valence-electron chi connectivity index (χ0n) is 7.85. The first-order valence-corrected chi connectivity index (χ1v) is 4.65. The summed E-state index contributed by atoms with van der Waals surface area (Å²) < 4.78 is 10.7. The number of anilines is 1. The van der Waals surface area contributed by atoms with Crippen molar-refractivity contribution in [1.29, 1.82) is 0 Å². The van der Waals surface area contributed by atoms with Crippen LogP contribution in [0.25, 0.3) is 0 Å². The van der Waals surface area contributed by atoms with Crippen LogP contribution in [0.15, 0.2) is 18.3 Å². The molecule has 14 heavy (non-hydrogen) atoms. The van der Waals surface area contributed by atoms with E-state index in [9.17, 15) is 0 Å². The second-order valence-corrected chi connectivity index (χ2v) is 3.10. The minimum atomic E-state index is 0.161. The van der Waals surface area contributed by atoms with E-state index in [1.807, 2.05) is 12.1 Å². The number of hydrogen-bond donors (Lipinski definition) is 1. The number of aromatic nitrogens is 2. The fraction of sp³-hybridized carbons (Fsp3) is 0.556. The maximum atomic E-state index is 5.34. The van der Waals surface area contributed by atoms with Crippen LogP contribution in [0.3, 0.4) is 0 Å². The zero-order valence-corrected chi connectivity index (χ0v) is 7.85. The Morgan fingerprint density at radius 2 is 2.07 bits per heavy atom. The first-order chi connectivity index (χ1) is 6.95. The molecular formula is C9H13N3O2. The first kappa shape index (κ1) is 9.36. The fourth-order valence-corrected chi connectivity index (χ4v) is 1.29. The monoisotopic (exact) mass is 195 g/mol. The SMILES string of the molecule is c1cnnc(NC2COCCOC2)c1. The summed E-state index contributed by atoms with van der Waals surface area (Å²) in [5.41, 5.74) is 0. The van der Waals surface area contributed by atoms with Gasteiger partial charge in [-0.2, -0.15) is 5.10 Å². The van der Waals surface area contributed by atoms with E-state index in [0.29, 0.717) is 26.4 Å². The van der Waals surface area contributed by atoms with Crippen LogP contribution < -0.4 is 5.32 Å². The maximum Gasteiger partial charge on any atom is 0.149 e. The summed E-state index contributed by atoms with van der Waals surface area (Å²) in [4.78, 5) is 0. The third-order valence-corrected chi connectivity index (χ3v) is 1.93. The molecule has 2 rings (SSSR count). The van der Waals surface area contributed by atoms with Gasteiger partial charge in [0.25, 0.3) is 0 Å². The molecule has 1 aromatic heterocycles. The molecule has 5 heteroatoms. The van der Waals surface area contributed by atoms with E-state index in [2.05, 4.69) is 15.5 Å². The topological polar surface area (TPSA) is 56.3 Å². The van der Waals surface area contributed by atoms with E-state index in [1.165, 1.54) is 0 Å². The van der Waals surface area contributed by atoms with Crippen LogP contribution in [0.4, 0.5) is 5.82 Å². The van der Waals surface area contributed by atoms with E-state index >= 15 is 0 Å². The summed E-state index contributed by atoms with van der Waals surface area (Å²) in [5.74, 6) is 0.756. The van der Waals surface area contributed by atoms with E-state index in [-0.39, 0.29) is 6.04 Å². The Morgan fingerprint density at radius 1 is 1.29 bits per heavy atom. The summed E-state index contributed by atoms with van der Waals surface area (Å²) in [6.07, 6.45) is 1.64. The quantitative estimate of drug-likeness (QED) is 0.735. The molecule has 0 aromatic carbocycles. The molecule has 0 radical (unpaired) electrons. The Balaban J connectivity index is 1.90. The lowest BCUT2D eigenvalue weighted by Gasteiger charge is -2.14. The number of ether oxygens (including phenoxy) is 2. The van der Waals surface area contributed by atoms with Crippen LogP contribution in [0.2, 0.25) is 0 Å². The van der Waals surface area contributed by atoms with Crippen molar-refractivity contribution < 1.29 is 9.47 Å². The van der Waals surface area contributed by atoms with Crippen LogP contribution in [-0.4, -0.2) is 42.7 Å². The van der Waals surface area contributed by atoms with Gasteiger partial charge in [-0.25, -0.2) is 0 Å². The molecule has 0 atom stereocenters. The van der Waals surface area contributed by atoms with Gasteiger partial charge in [0, 0.05) is 6.20 Å². The smallest absolute Gasteiger partial charge is 0.149 e. The molecule has 0 spiro atoms. The summed E-state index contributed by atoms with van der Waals surface area (Å²) in [6, 6.07) is 3.88. The van der Waals surface area contributed by atoms with Crippen LogP contribution in [0, 0.1) is 0 Å². The van der Waals surface area contributed by atoms with Gasteiger partial charge in [-0.1, -0.05) is 0 Å². The summed E-state index contributed by atoms with van der Waals surface area (Å²) >= 11 is 0. The van der Waals surface area contributed by atoms with Crippen molar-refractivity contribution in [2.45, 2.75) is 6.04 Å². The van der Waals surface area contributed by atoms with Gasteiger partial charge in [0.05, 0.1) is 32.5 Å². The fourth-order valence-electron chi connectivity index (χ4n) is 1.29. The lowest BCUT2D eigenvalue weighted by molar-refractivity contribution is 0.103. The second kappa shape index (κ2) is 4.88. The Morgan fingerprint density at radius 3 is 2.71 bits per heavy atom. The number of rotatable bonds is 2. The second-order valence-electron chi connectivity index (χ2n) is 3.10. The van der Waals surface area contributed by atoms with Crippen molar-refractivity contribution >= 4 is 5.82 Å². The van der Waals surface area contributed by atoms with Crippen LogP contribution in [-0.2, 0) is 9.47 Å². The van der Waals surface area contributed by atoms with Crippen molar-refractivity contribution in [3.8, 4) is 0 Å². The normalized spacial score (nSPS) is 18.9. The van der Waals surface area contributed by atoms with Crippen molar-refractivity contribution in [3.05, 3.63) is 18.3 Å². The summed E-state index contributed by atoms with van der Waals surface area (Å²) in [5, 5.41) is 10.9. The predicted octanol–water partition coefficient (Wildman–Crippen LogP) is 0.304. The highest BCUT2D eigenvalue weighted by atomic mass is 16.5. The van der Waals surface area contributed by atoms with Gasteiger partial charge in [0.15, 0.2) is 0 Å². The first-order valence-electron chi connectivity index (χ1n) is 4.65. The highest BCUT2D eigenvalue weighted by Gasteiger charge is 2.12. The molecule has 2 heterocycles. The molecule has 0 unspecified atom stereocenters. The molecule has 1 aliphatic rings. The highest BCUT2D eigenvalue weighted by Crippen LogP contribution is 2.04. The molecule has 76 valence electrons. The van der Waals surface area contributed by atoms with E-state index in [1.54, 1.807) is 6.20 Å². The molecule has 1 fully saturated rings. The third-order valence-electron chi connectivity index (χ3n) is 1.93. The minimum absolute atomic E-state index is 0.161. The molecule has 1 aliphatic heterocycles. The maximum absolute atomic E-state index is 5.34. The van der Waals surface area contributed by atoms with Gasteiger partial charge < -0.3 is 14.8 Å². The number of nitrogens with zero attached hydrogens (tertiary/aromatic N) is 2. The Bertz CT molecular complexity index is 260. The van der Waals surface area contributed by atoms with Crippen LogP contribution >= 0.6 is 0 Å². The molecule has 0 amide bonds. The summed E-state index contributed by atoms with van der Waals surface area (Å²) in [6.45, 7) is 2.63. The van der Waals surface area contributed by atoms with Gasteiger partial charge in [-0.3, -0.25) is 0 Å². The molecule has 1 saturated heterocycles. The lowest BCUT2D eigenvalue weighted by Crippen LogP contribution is -2.28. The van der Waals surface area contributed by atoms with Crippen molar-refractivity contribution in [3.63, 3.8) is 0 Å². The van der Waals surface area contributed by atoms with Crippen molar-refractivity contribution in [2.75, 3.05) is 31.7 Å². The van der Waals surface area contributed by atoms with Gasteiger partial charge in [0.1, 0.15) is 5.82 Å². The van der Waals surface area contributed by atoms with Crippen molar-refractivity contribution in [2.24, 2.45) is 0 Å². The van der Waals surface area contributed by atoms with Gasteiger partial charge >= 0.3 is 0 Å². The molecule has 1 N–H and O–H groups in total. The van der Waals surface area contributed by atoms with Gasteiger partial charge in [-0.05, 0) is 12.1 Å². The zero-order chi connectivity index (χ0) is 9.64. The number of nitrogens with one attached hydrogen (secondary N) is 1. The van der Waals surface area contributed by atoms with E-state index < -0.39 is 0 Å². The number of hydrogen-bond acceptors (Lipinski definition) is 5. The largest absolute Gasteiger partial charge is 0.377 e. The lowest BCUT2D eigenvalue weighted by atomic mass is 10.3. The average molecular weight is 195 g/mol.